The van der Waals surface area contributed by atoms with Crippen molar-refractivity contribution in [3.8, 4) is 5.75 Å². The molecule has 1 aliphatic rings. The molecule has 1 atom stereocenters. The lowest BCUT2D eigenvalue weighted by atomic mass is 10.2. The third kappa shape index (κ3) is 4.83. The van der Waals surface area contributed by atoms with Gasteiger partial charge in [-0.2, -0.15) is 0 Å². The molecule has 138 valence electrons. The number of amides is 1. The summed E-state index contributed by atoms with van der Waals surface area (Å²) in [7, 11) is -3.28. The zero-order chi connectivity index (χ0) is 18.6. The summed E-state index contributed by atoms with van der Waals surface area (Å²) in [6.07, 6.45) is 3.38. The Bertz CT molecular complexity index is 854. The van der Waals surface area contributed by atoms with E-state index < -0.39 is 9.84 Å². The molecular formula is C19H21NO5S. The van der Waals surface area contributed by atoms with Crippen LogP contribution in [0.1, 0.15) is 23.2 Å². The number of hydrogen-bond acceptors (Lipinski definition) is 5. The Morgan fingerprint density at radius 1 is 1.15 bits per heavy atom. The van der Waals surface area contributed by atoms with Gasteiger partial charge in [0.05, 0.1) is 11.0 Å². The third-order valence-corrected chi connectivity index (χ3v) is 5.25. The highest BCUT2D eigenvalue weighted by Crippen LogP contribution is 2.19. The Kier molecular flexibility index (Phi) is 5.58. The number of carbonyl (C=O) groups excluding carboxylic acids is 1. The molecule has 1 amide bonds. The minimum Gasteiger partial charge on any atom is -0.491 e. The number of sulfone groups is 1. The van der Waals surface area contributed by atoms with Crippen LogP contribution in [0.2, 0.25) is 0 Å². The van der Waals surface area contributed by atoms with Crippen molar-refractivity contribution in [1.29, 1.82) is 0 Å². The average Bonchev–Trinajstić information content (AvgIpc) is 3.14. The van der Waals surface area contributed by atoms with Gasteiger partial charge in [0.15, 0.2) is 9.84 Å². The maximum Gasteiger partial charge on any atom is 0.255 e. The van der Waals surface area contributed by atoms with E-state index in [4.69, 9.17) is 9.47 Å². The molecule has 2 aromatic rings. The predicted molar refractivity (Wildman–Crippen MR) is 98.4 cm³/mol. The van der Waals surface area contributed by atoms with E-state index in [1.807, 2.05) is 0 Å². The molecule has 2 aromatic carbocycles. The van der Waals surface area contributed by atoms with E-state index in [0.717, 1.165) is 31.5 Å². The van der Waals surface area contributed by atoms with Gasteiger partial charge >= 0.3 is 0 Å². The standard InChI is InChI=1S/C19H21NO5S/c1-26(22,23)18-10-4-14(5-11-18)19(21)20-15-6-8-16(9-7-15)25-13-17-3-2-12-24-17/h4-11,17H,2-3,12-13H2,1H3,(H,20,21). The summed E-state index contributed by atoms with van der Waals surface area (Å²) in [6, 6.07) is 12.9. The molecule has 1 unspecified atom stereocenters. The third-order valence-electron chi connectivity index (χ3n) is 4.12. The van der Waals surface area contributed by atoms with E-state index in [2.05, 4.69) is 5.32 Å². The predicted octanol–water partition coefficient (Wildman–Crippen LogP) is 2.90. The number of rotatable bonds is 6. The molecule has 0 spiro atoms. The smallest absolute Gasteiger partial charge is 0.255 e. The first-order valence-corrected chi connectivity index (χ1v) is 10.3. The molecule has 0 radical (unpaired) electrons. The van der Waals surface area contributed by atoms with E-state index in [1.54, 1.807) is 24.3 Å². The van der Waals surface area contributed by atoms with Crippen LogP contribution >= 0.6 is 0 Å². The second kappa shape index (κ2) is 7.88. The van der Waals surface area contributed by atoms with Crippen molar-refractivity contribution in [3.05, 3.63) is 54.1 Å². The van der Waals surface area contributed by atoms with Crippen molar-refractivity contribution in [2.45, 2.75) is 23.8 Å². The first kappa shape index (κ1) is 18.4. The summed E-state index contributed by atoms with van der Waals surface area (Å²) >= 11 is 0. The van der Waals surface area contributed by atoms with Crippen LogP contribution in [0.4, 0.5) is 5.69 Å². The van der Waals surface area contributed by atoms with Crippen LogP contribution in [0.15, 0.2) is 53.4 Å². The molecule has 26 heavy (non-hydrogen) atoms. The number of nitrogens with one attached hydrogen (secondary N) is 1. The monoisotopic (exact) mass is 375 g/mol. The second-order valence-electron chi connectivity index (χ2n) is 6.22. The van der Waals surface area contributed by atoms with Gasteiger partial charge in [0.1, 0.15) is 12.4 Å². The molecule has 0 aromatic heterocycles. The second-order valence-corrected chi connectivity index (χ2v) is 8.24. The van der Waals surface area contributed by atoms with Crippen LogP contribution in [-0.2, 0) is 14.6 Å². The van der Waals surface area contributed by atoms with Crippen LogP contribution in [0.5, 0.6) is 5.75 Å². The minimum atomic E-state index is -3.28. The van der Waals surface area contributed by atoms with Gasteiger partial charge in [0, 0.05) is 24.1 Å². The molecule has 1 saturated heterocycles. The first-order valence-electron chi connectivity index (χ1n) is 8.38. The quantitative estimate of drug-likeness (QED) is 0.840. The van der Waals surface area contributed by atoms with Crippen molar-refractivity contribution in [1.82, 2.24) is 0 Å². The van der Waals surface area contributed by atoms with Crippen LogP contribution < -0.4 is 10.1 Å². The Morgan fingerprint density at radius 3 is 2.42 bits per heavy atom. The highest BCUT2D eigenvalue weighted by Gasteiger charge is 2.16. The SMILES string of the molecule is CS(=O)(=O)c1ccc(C(=O)Nc2ccc(OCC3CCCO3)cc2)cc1. The van der Waals surface area contributed by atoms with Gasteiger partial charge in [-0.05, 0) is 61.4 Å². The molecule has 0 bridgehead atoms. The fourth-order valence-corrected chi connectivity index (χ4v) is 3.29. The molecule has 1 fully saturated rings. The maximum atomic E-state index is 12.3. The van der Waals surface area contributed by atoms with Crippen LogP contribution in [-0.4, -0.2) is 39.9 Å². The van der Waals surface area contributed by atoms with Crippen molar-refractivity contribution in [2.75, 3.05) is 24.8 Å². The molecular weight excluding hydrogens is 354 g/mol. The van der Waals surface area contributed by atoms with E-state index >= 15 is 0 Å². The summed E-state index contributed by atoms with van der Waals surface area (Å²) < 4.78 is 34.1. The largest absolute Gasteiger partial charge is 0.491 e. The molecule has 7 heteroatoms. The number of carbonyl (C=O) groups is 1. The topological polar surface area (TPSA) is 81.7 Å². The highest BCUT2D eigenvalue weighted by molar-refractivity contribution is 7.90. The fourth-order valence-electron chi connectivity index (χ4n) is 2.66. The van der Waals surface area contributed by atoms with Gasteiger partial charge in [-0.3, -0.25) is 4.79 Å². The maximum absolute atomic E-state index is 12.3. The van der Waals surface area contributed by atoms with Gasteiger partial charge in [0.2, 0.25) is 0 Å². The highest BCUT2D eigenvalue weighted by atomic mass is 32.2. The average molecular weight is 375 g/mol. The van der Waals surface area contributed by atoms with Crippen molar-refractivity contribution < 1.29 is 22.7 Å². The molecule has 0 saturated carbocycles. The number of benzene rings is 2. The van der Waals surface area contributed by atoms with E-state index in [1.165, 1.54) is 24.3 Å². The lowest BCUT2D eigenvalue weighted by molar-refractivity contribution is 0.0679. The van der Waals surface area contributed by atoms with E-state index in [0.29, 0.717) is 17.9 Å². The van der Waals surface area contributed by atoms with Gasteiger partial charge in [-0.25, -0.2) is 8.42 Å². The summed E-state index contributed by atoms with van der Waals surface area (Å²) in [5.74, 6) is 0.411. The summed E-state index contributed by atoms with van der Waals surface area (Å²) in [4.78, 5) is 12.4. The Balaban J connectivity index is 1.57. The van der Waals surface area contributed by atoms with Crippen LogP contribution in [0.25, 0.3) is 0 Å². The zero-order valence-corrected chi connectivity index (χ0v) is 15.3. The lowest BCUT2D eigenvalue weighted by Crippen LogP contribution is -2.16. The molecule has 0 aliphatic carbocycles. The van der Waals surface area contributed by atoms with Crippen LogP contribution in [0.3, 0.4) is 0 Å². The van der Waals surface area contributed by atoms with Gasteiger partial charge in [-0.15, -0.1) is 0 Å². The summed E-state index contributed by atoms with van der Waals surface area (Å²) in [5, 5.41) is 2.77. The van der Waals surface area contributed by atoms with Gasteiger partial charge < -0.3 is 14.8 Å². The molecule has 3 rings (SSSR count). The fraction of sp³-hybridized carbons (Fsp3) is 0.316. The van der Waals surface area contributed by atoms with Crippen molar-refractivity contribution in [3.63, 3.8) is 0 Å². The van der Waals surface area contributed by atoms with Crippen molar-refractivity contribution in [2.24, 2.45) is 0 Å². The Morgan fingerprint density at radius 2 is 1.85 bits per heavy atom. The van der Waals surface area contributed by atoms with E-state index in [9.17, 15) is 13.2 Å². The molecule has 6 nitrogen and oxygen atoms in total. The molecule has 1 N–H and O–H groups in total. The van der Waals surface area contributed by atoms with Crippen molar-refractivity contribution >= 4 is 21.4 Å². The van der Waals surface area contributed by atoms with Gasteiger partial charge in [0.25, 0.3) is 5.91 Å². The molecule has 1 heterocycles. The Hall–Kier alpha value is -2.38. The first-order chi connectivity index (χ1) is 12.4. The number of anilines is 1. The van der Waals surface area contributed by atoms with E-state index in [-0.39, 0.29) is 16.9 Å². The lowest BCUT2D eigenvalue weighted by Gasteiger charge is -2.12. The molecule has 1 aliphatic heterocycles. The summed E-state index contributed by atoms with van der Waals surface area (Å²) in [5.41, 5.74) is 1.02. The number of hydrogen-bond donors (Lipinski definition) is 1. The van der Waals surface area contributed by atoms with Gasteiger partial charge in [-0.1, -0.05) is 0 Å². The Labute approximate surface area is 153 Å². The normalized spacial score (nSPS) is 17.0. The van der Waals surface area contributed by atoms with Crippen LogP contribution in [0, 0.1) is 0 Å². The summed E-state index contributed by atoms with van der Waals surface area (Å²) in [6.45, 7) is 1.32. The zero-order valence-electron chi connectivity index (χ0n) is 14.5. The minimum absolute atomic E-state index is 0.157. The number of ether oxygens (including phenoxy) is 2.